The van der Waals surface area contributed by atoms with Crippen LogP contribution in [0.5, 0.6) is 0 Å². The van der Waals surface area contributed by atoms with Crippen LogP contribution in [0, 0.1) is 12.3 Å². The second-order valence-electron chi connectivity index (χ2n) is 3.68. The highest BCUT2D eigenvalue weighted by Crippen LogP contribution is 2.19. The third-order valence-corrected chi connectivity index (χ3v) is 2.57. The van der Waals surface area contributed by atoms with Crippen molar-refractivity contribution in [3.8, 4) is 12.3 Å². The van der Waals surface area contributed by atoms with Crippen LogP contribution < -0.4 is 0 Å². The molecule has 1 aromatic heterocycles. The lowest BCUT2D eigenvalue weighted by Crippen LogP contribution is -2.18. The van der Waals surface area contributed by atoms with Crippen molar-refractivity contribution in [3.63, 3.8) is 0 Å². The van der Waals surface area contributed by atoms with E-state index in [9.17, 15) is 0 Å². The summed E-state index contributed by atoms with van der Waals surface area (Å²) >= 11 is 0. The second-order valence-corrected chi connectivity index (χ2v) is 3.68. The number of hydrogen-bond donors (Lipinski definition) is 0. The van der Waals surface area contributed by atoms with Crippen molar-refractivity contribution in [1.29, 1.82) is 0 Å². The molecule has 18 heavy (non-hydrogen) atoms. The molecule has 0 aromatic carbocycles. The van der Waals surface area contributed by atoms with E-state index in [1.54, 1.807) is 12.4 Å². The van der Waals surface area contributed by atoms with Crippen molar-refractivity contribution in [3.05, 3.63) is 60.3 Å². The minimum atomic E-state index is 0.692. The number of rotatable bonds is 3. The summed E-state index contributed by atoms with van der Waals surface area (Å²) in [6, 6.07) is 5.85. The molecule has 0 unspecified atom stereocenters. The van der Waals surface area contributed by atoms with Crippen molar-refractivity contribution in [1.82, 2.24) is 9.88 Å². The van der Waals surface area contributed by atoms with Gasteiger partial charge in [0.05, 0.1) is 11.9 Å². The van der Waals surface area contributed by atoms with Gasteiger partial charge in [0.25, 0.3) is 0 Å². The van der Waals surface area contributed by atoms with E-state index in [0.29, 0.717) is 12.2 Å². The smallest absolute Gasteiger partial charge is 0.110 e. The highest BCUT2D eigenvalue weighted by Gasteiger charge is 2.09. The number of nitrogens with zero attached hydrogens (tertiary/aromatic N) is 3. The average Bonchev–Trinajstić information content (AvgIpc) is 2.46. The zero-order valence-corrected chi connectivity index (χ0v) is 9.95. The summed E-state index contributed by atoms with van der Waals surface area (Å²) in [5.41, 5.74) is 2.74. The van der Waals surface area contributed by atoms with Crippen molar-refractivity contribution in [2.24, 2.45) is 4.99 Å². The fourth-order valence-electron chi connectivity index (χ4n) is 1.68. The first kappa shape index (κ1) is 11.9. The molecule has 2 heterocycles. The van der Waals surface area contributed by atoms with E-state index in [-0.39, 0.29) is 0 Å². The Labute approximate surface area is 107 Å². The average molecular weight is 235 g/mol. The Balaban J connectivity index is 2.15. The maximum atomic E-state index is 5.42. The molecule has 0 saturated heterocycles. The lowest BCUT2D eigenvalue weighted by Gasteiger charge is -2.21. The van der Waals surface area contributed by atoms with Gasteiger partial charge in [-0.1, -0.05) is 18.1 Å². The number of hydrogen-bond acceptors (Lipinski definition) is 3. The molecule has 1 aliphatic heterocycles. The third kappa shape index (κ3) is 2.55. The van der Waals surface area contributed by atoms with E-state index >= 15 is 0 Å². The SMILES string of the molecule is C#C/C(=C/N=C)N1C=CC(c2ccccn2)=CC1. The monoisotopic (exact) mass is 235 g/mol. The van der Waals surface area contributed by atoms with Gasteiger partial charge >= 0.3 is 0 Å². The summed E-state index contributed by atoms with van der Waals surface area (Å²) in [4.78, 5) is 9.94. The molecule has 0 aliphatic carbocycles. The van der Waals surface area contributed by atoms with Gasteiger partial charge in [0, 0.05) is 18.9 Å². The van der Waals surface area contributed by atoms with Crippen LogP contribution in [0.15, 0.2) is 59.6 Å². The van der Waals surface area contributed by atoms with Crippen molar-refractivity contribution in [2.45, 2.75) is 0 Å². The quantitative estimate of drug-likeness (QED) is 0.594. The minimum absolute atomic E-state index is 0.692. The van der Waals surface area contributed by atoms with Crippen LogP contribution in [0.2, 0.25) is 0 Å². The zero-order chi connectivity index (χ0) is 12.8. The second kappa shape index (κ2) is 5.65. The van der Waals surface area contributed by atoms with Gasteiger partial charge in [-0.05, 0) is 30.5 Å². The Morgan fingerprint density at radius 3 is 3.00 bits per heavy atom. The molecule has 0 amide bonds. The number of allylic oxidation sites excluding steroid dienone is 3. The first-order valence-corrected chi connectivity index (χ1v) is 5.54. The Morgan fingerprint density at radius 2 is 2.44 bits per heavy atom. The zero-order valence-electron chi connectivity index (χ0n) is 9.95. The predicted octanol–water partition coefficient (Wildman–Crippen LogP) is 2.47. The molecule has 0 N–H and O–H groups in total. The van der Waals surface area contributed by atoms with Crippen LogP contribution >= 0.6 is 0 Å². The van der Waals surface area contributed by atoms with Crippen LogP contribution in [-0.4, -0.2) is 23.1 Å². The van der Waals surface area contributed by atoms with E-state index < -0.39 is 0 Å². The molecule has 1 aromatic rings. The summed E-state index contributed by atoms with van der Waals surface area (Å²) in [6.45, 7) is 4.11. The van der Waals surface area contributed by atoms with Crippen LogP contribution in [-0.2, 0) is 0 Å². The largest absolute Gasteiger partial charge is 0.336 e. The van der Waals surface area contributed by atoms with Gasteiger partial charge in [0.2, 0.25) is 0 Å². The normalized spacial score (nSPS) is 14.9. The molecule has 3 nitrogen and oxygen atoms in total. The number of aromatic nitrogens is 1. The Kier molecular flexibility index (Phi) is 3.72. The number of terminal acetylenes is 1. The van der Waals surface area contributed by atoms with Crippen LogP contribution in [0.1, 0.15) is 5.69 Å². The molecule has 0 fully saturated rings. The summed E-state index contributed by atoms with van der Waals surface area (Å²) in [5, 5.41) is 0. The first-order valence-electron chi connectivity index (χ1n) is 5.54. The van der Waals surface area contributed by atoms with E-state index in [2.05, 4.69) is 28.7 Å². The van der Waals surface area contributed by atoms with Gasteiger partial charge in [0.15, 0.2) is 0 Å². The fourth-order valence-corrected chi connectivity index (χ4v) is 1.68. The summed E-state index contributed by atoms with van der Waals surface area (Å²) in [5.74, 6) is 2.58. The maximum Gasteiger partial charge on any atom is 0.110 e. The van der Waals surface area contributed by atoms with E-state index in [0.717, 1.165) is 11.3 Å². The molecular weight excluding hydrogens is 222 g/mol. The molecule has 0 atom stereocenters. The van der Waals surface area contributed by atoms with E-state index in [1.807, 2.05) is 35.4 Å². The molecule has 0 spiro atoms. The molecule has 3 heteroatoms. The molecule has 1 aliphatic rings. The van der Waals surface area contributed by atoms with Crippen molar-refractivity contribution < 1.29 is 0 Å². The number of pyridine rings is 1. The molecule has 0 bridgehead atoms. The predicted molar refractivity (Wildman–Crippen MR) is 74.5 cm³/mol. The van der Waals surface area contributed by atoms with Crippen molar-refractivity contribution in [2.75, 3.05) is 6.54 Å². The molecule has 2 rings (SSSR count). The standard InChI is InChI=1S/C15H13N3/c1-3-14(12-16-2)18-10-7-13(8-11-18)15-6-4-5-9-17-15/h1,4-10,12H,2,11H2/b14-12-. The highest BCUT2D eigenvalue weighted by molar-refractivity contribution is 5.72. The topological polar surface area (TPSA) is 28.5 Å². The third-order valence-electron chi connectivity index (χ3n) is 2.57. The summed E-state index contributed by atoms with van der Waals surface area (Å²) in [6.07, 6.45) is 14.8. The van der Waals surface area contributed by atoms with Crippen molar-refractivity contribution >= 4 is 12.3 Å². The summed E-state index contributed by atoms with van der Waals surface area (Å²) in [7, 11) is 0. The van der Waals surface area contributed by atoms with Crippen LogP contribution in [0.4, 0.5) is 0 Å². The van der Waals surface area contributed by atoms with E-state index in [1.165, 1.54) is 0 Å². The highest BCUT2D eigenvalue weighted by atomic mass is 15.1. The Hall–Kier alpha value is -2.60. The lowest BCUT2D eigenvalue weighted by molar-refractivity contribution is 0.533. The molecule has 88 valence electrons. The summed E-state index contributed by atoms with van der Waals surface area (Å²) < 4.78 is 0. The molecule has 0 radical (unpaired) electrons. The fraction of sp³-hybridized carbons (Fsp3) is 0.0667. The van der Waals surface area contributed by atoms with Gasteiger partial charge in [-0.25, -0.2) is 0 Å². The lowest BCUT2D eigenvalue weighted by atomic mass is 10.1. The van der Waals surface area contributed by atoms with Crippen LogP contribution in [0.3, 0.4) is 0 Å². The van der Waals surface area contributed by atoms with Gasteiger partial charge in [-0.2, -0.15) is 0 Å². The van der Waals surface area contributed by atoms with Gasteiger partial charge in [-0.15, -0.1) is 6.42 Å². The molecular formula is C15H13N3. The minimum Gasteiger partial charge on any atom is -0.336 e. The first-order chi connectivity index (χ1) is 8.85. The van der Waals surface area contributed by atoms with E-state index in [4.69, 9.17) is 6.42 Å². The molecule has 0 saturated carbocycles. The van der Waals surface area contributed by atoms with Gasteiger partial charge < -0.3 is 4.90 Å². The van der Waals surface area contributed by atoms with Gasteiger partial charge in [0.1, 0.15) is 5.70 Å². The number of aliphatic imine (C=N–C) groups is 1. The van der Waals surface area contributed by atoms with Gasteiger partial charge in [-0.3, -0.25) is 9.98 Å². The Bertz CT molecular complexity index is 559. The van der Waals surface area contributed by atoms with Crippen LogP contribution in [0.25, 0.3) is 5.57 Å². The Morgan fingerprint density at radius 1 is 1.56 bits per heavy atom. The maximum absolute atomic E-state index is 5.42.